The van der Waals surface area contributed by atoms with Crippen LogP contribution in [0.5, 0.6) is 0 Å². The van der Waals surface area contributed by atoms with Crippen molar-refractivity contribution in [3.63, 3.8) is 0 Å². The number of hydrogen-bond donors (Lipinski definition) is 1. The molecule has 118 valence electrons. The number of benzene rings is 1. The molecule has 1 fully saturated rings. The Morgan fingerprint density at radius 1 is 1.33 bits per heavy atom. The fourth-order valence-corrected chi connectivity index (χ4v) is 3.34. The molecule has 0 amide bonds. The van der Waals surface area contributed by atoms with E-state index in [-0.39, 0.29) is 6.54 Å². The van der Waals surface area contributed by atoms with Crippen molar-refractivity contribution in [3.8, 4) is 0 Å². The normalized spacial score (nSPS) is 20.0. The van der Waals surface area contributed by atoms with Gasteiger partial charge in [-0.05, 0) is 0 Å². The van der Waals surface area contributed by atoms with Gasteiger partial charge in [0.2, 0.25) is 10.0 Å². The first-order chi connectivity index (χ1) is 9.82. The van der Waals surface area contributed by atoms with Gasteiger partial charge in [-0.1, -0.05) is 0 Å². The first kappa shape index (κ1) is 16.2. The number of nitrogens with one attached hydrogen (secondary N) is 1. The van der Waals surface area contributed by atoms with Crippen LogP contribution >= 0.6 is 0 Å². The maximum Gasteiger partial charge on any atom is 0.248 e. The van der Waals surface area contributed by atoms with Crippen LogP contribution < -0.4 is 5.32 Å². The highest BCUT2D eigenvalue weighted by molar-refractivity contribution is 7.89. The second-order valence-electron chi connectivity index (χ2n) is 4.68. The summed E-state index contributed by atoms with van der Waals surface area (Å²) in [6.45, 7) is 1.46. The third-order valence-corrected chi connectivity index (χ3v) is 4.97. The molecule has 0 aliphatic carbocycles. The zero-order valence-electron chi connectivity index (χ0n) is 11.3. The molecule has 1 unspecified atom stereocenters. The maximum absolute atomic E-state index is 13.6. The van der Waals surface area contributed by atoms with Crippen molar-refractivity contribution in [1.82, 2.24) is 9.62 Å². The van der Waals surface area contributed by atoms with Gasteiger partial charge in [-0.2, -0.15) is 4.31 Å². The van der Waals surface area contributed by atoms with E-state index in [1.54, 1.807) is 0 Å². The van der Waals surface area contributed by atoms with Crippen molar-refractivity contribution in [2.75, 3.05) is 33.3 Å². The molecule has 0 spiro atoms. The van der Waals surface area contributed by atoms with E-state index in [9.17, 15) is 21.6 Å². The number of sulfonamides is 1. The summed E-state index contributed by atoms with van der Waals surface area (Å²) in [5.74, 6) is -4.09. The second kappa shape index (κ2) is 6.30. The summed E-state index contributed by atoms with van der Waals surface area (Å²) in [5, 5.41) is 3.02. The molecule has 5 nitrogen and oxygen atoms in total. The van der Waals surface area contributed by atoms with E-state index in [2.05, 4.69) is 5.32 Å². The molecule has 0 bridgehead atoms. The van der Waals surface area contributed by atoms with Crippen LogP contribution in [0, 0.1) is 17.5 Å². The highest BCUT2D eigenvalue weighted by Gasteiger charge is 2.31. The number of rotatable bonds is 4. The lowest BCUT2D eigenvalue weighted by Crippen LogP contribution is -2.45. The number of hydrogen-bond acceptors (Lipinski definition) is 4. The van der Waals surface area contributed by atoms with Crippen molar-refractivity contribution in [2.45, 2.75) is 11.0 Å². The highest BCUT2D eigenvalue weighted by Crippen LogP contribution is 2.23. The molecule has 1 N–H and O–H groups in total. The minimum atomic E-state index is -4.41. The van der Waals surface area contributed by atoms with Gasteiger partial charge < -0.3 is 10.1 Å². The van der Waals surface area contributed by atoms with Gasteiger partial charge in [-0.3, -0.25) is 0 Å². The number of nitrogens with zero attached hydrogens (tertiary/aromatic N) is 1. The molecular formula is C12H15F3N2O3S. The van der Waals surface area contributed by atoms with Gasteiger partial charge in [0.05, 0.1) is 12.7 Å². The van der Waals surface area contributed by atoms with E-state index in [0.29, 0.717) is 31.8 Å². The van der Waals surface area contributed by atoms with Crippen molar-refractivity contribution >= 4 is 10.0 Å². The quantitative estimate of drug-likeness (QED) is 0.886. The largest absolute Gasteiger partial charge is 0.374 e. The van der Waals surface area contributed by atoms with Gasteiger partial charge in [0.25, 0.3) is 0 Å². The van der Waals surface area contributed by atoms with Crippen LogP contribution in [0.1, 0.15) is 0 Å². The number of likely N-dealkylation sites (N-methyl/N-ethyl adjacent to an activating group) is 1. The summed E-state index contributed by atoms with van der Waals surface area (Å²) in [6, 6.07) is 0.672. The van der Waals surface area contributed by atoms with E-state index in [1.807, 2.05) is 0 Å². The molecule has 1 aromatic rings. The summed E-state index contributed by atoms with van der Waals surface area (Å²) in [4.78, 5) is -1.16. The van der Waals surface area contributed by atoms with Gasteiger partial charge >= 0.3 is 0 Å². The Balaban J connectivity index is 2.24. The van der Waals surface area contributed by atoms with Crippen LogP contribution in [0.25, 0.3) is 0 Å². The highest BCUT2D eigenvalue weighted by atomic mass is 32.2. The summed E-state index contributed by atoms with van der Waals surface area (Å²) >= 11 is 0. The zero-order valence-corrected chi connectivity index (χ0v) is 12.1. The fraction of sp³-hybridized carbons (Fsp3) is 0.500. The van der Waals surface area contributed by atoms with E-state index in [0.717, 1.165) is 4.31 Å². The van der Waals surface area contributed by atoms with Crippen LogP contribution in [0.15, 0.2) is 17.0 Å². The first-order valence-corrected chi connectivity index (χ1v) is 7.69. The Morgan fingerprint density at radius 2 is 1.95 bits per heavy atom. The minimum Gasteiger partial charge on any atom is -0.374 e. The van der Waals surface area contributed by atoms with E-state index < -0.39 is 38.5 Å². The van der Waals surface area contributed by atoms with E-state index in [1.165, 1.54) is 7.05 Å². The molecule has 1 saturated heterocycles. The Morgan fingerprint density at radius 3 is 2.48 bits per heavy atom. The molecule has 1 atom stereocenters. The Kier molecular flexibility index (Phi) is 4.87. The summed E-state index contributed by atoms with van der Waals surface area (Å²) in [6.07, 6.45) is -0.412. The third kappa shape index (κ3) is 3.54. The Bertz CT molecular complexity index is 595. The summed E-state index contributed by atoms with van der Waals surface area (Å²) < 4.78 is 70.6. The monoisotopic (exact) mass is 324 g/mol. The Hall–Kier alpha value is -1.16. The third-order valence-electron chi connectivity index (χ3n) is 3.10. The first-order valence-electron chi connectivity index (χ1n) is 6.25. The number of ether oxygens (including phenoxy) is 1. The second-order valence-corrected chi connectivity index (χ2v) is 6.66. The molecular weight excluding hydrogens is 309 g/mol. The average molecular weight is 324 g/mol. The van der Waals surface area contributed by atoms with Crippen molar-refractivity contribution in [1.29, 1.82) is 0 Å². The zero-order chi connectivity index (χ0) is 15.6. The van der Waals surface area contributed by atoms with Crippen LogP contribution in [-0.4, -0.2) is 52.1 Å². The predicted octanol–water partition coefficient (Wildman–Crippen LogP) is 0.713. The molecule has 1 aliphatic heterocycles. The molecule has 1 aliphatic rings. The van der Waals surface area contributed by atoms with Crippen LogP contribution in [0.3, 0.4) is 0 Å². The predicted molar refractivity (Wildman–Crippen MR) is 68.7 cm³/mol. The molecule has 1 aromatic carbocycles. The smallest absolute Gasteiger partial charge is 0.248 e. The lowest BCUT2D eigenvalue weighted by molar-refractivity contribution is 0.0206. The lowest BCUT2D eigenvalue weighted by Gasteiger charge is -2.27. The van der Waals surface area contributed by atoms with Gasteiger partial charge in [0.1, 0.15) is 17.5 Å². The number of morpholine rings is 1. The minimum absolute atomic E-state index is 0.0639. The number of halogens is 3. The van der Waals surface area contributed by atoms with Crippen LogP contribution in [0.2, 0.25) is 0 Å². The molecule has 1 heterocycles. The molecule has 2 rings (SSSR count). The van der Waals surface area contributed by atoms with Gasteiger partial charge in [-0.15, -0.1) is 0 Å². The fourth-order valence-electron chi connectivity index (χ4n) is 2.05. The molecule has 0 saturated carbocycles. The van der Waals surface area contributed by atoms with E-state index >= 15 is 0 Å². The standard InChI is InChI=1S/C12H15F3N2O3S/c1-17(7-9-6-16-2-3-20-9)21(18,19)12-10(14)4-8(13)5-11(12)15/h4-5,9,16H,2-3,6-7H2,1H3. The van der Waals surface area contributed by atoms with Crippen molar-refractivity contribution < 1.29 is 26.3 Å². The van der Waals surface area contributed by atoms with Gasteiger partial charge in [-0.25, -0.2) is 21.6 Å². The Labute approximate surface area is 120 Å². The maximum atomic E-state index is 13.6. The SMILES string of the molecule is CN(CC1CNCCO1)S(=O)(=O)c1c(F)cc(F)cc1F. The van der Waals surface area contributed by atoms with Crippen LogP contribution in [0.4, 0.5) is 13.2 Å². The van der Waals surface area contributed by atoms with Crippen LogP contribution in [-0.2, 0) is 14.8 Å². The van der Waals surface area contributed by atoms with Crippen molar-refractivity contribution in [3.05, 3.63) is 29.6 Å². The lowest BCUT2D eigenvalue weighted by atomic mass is 10.3. The molecule has 0 radical (unpaired) electrons. The molecule has 9 heteroatoms. The van der Waals surface area contributed by atoms with E-state index in [4.69, 9.17) is 4.74 Å². The summed E-state index contributed by atoms with van der Waals surface area (Å²) in [5.41, 5.74) is 0. The summed E-state index contributed by atoms with van der Waals surface area (Å²) in [7, 11) is -3.22. The van der Waals surface area contributed by atoms with Gasteiger partial charge in [0.15, 0.2) is 4.90 Å². The molecule has 21 heavy (non-hydrogen) atoms. The average Bonchev–Trinajstić information content (AvgIpc) is 2.38. The van der Waals surface area contributed by atoms with Gasteiger partial charge in [0, 0.05) is 38.8 Å². The molecule has 0 aromatic heterocycles. The van der Waals surface area contributed by atoms with Crippen molar-refractivity contribution in [2.24, 2.45) is 0 Å². The topological polar surface area (TPSA) is 58.6 Å².